The van der Waals surface area contributed by atoms with E-state index in [-0.39, 0.29) is 35.9 Å². The highest BCUT2D eigenvalue weighted by atomic mass is 16.5. The van der Waals surface area contributed by atoms with Crippen molar-refractivity contribution in [1.29, 1.82) is 0 Å². The summed E-state index contributed by atoms with van der Waals surface area (Å²) in [5.74, 6) is -0.385. The third kappa shape index (κ3) is 3.89. The molecule has 128 valence electrons. The standard InChI is InChI=1S/C15H24N4O4/c1-4-5-19-13(16)12(14(21)17-15(19)22)11(20)8-18-6-9(2)23-10(3)7-18/h9-10H,4-8,16H2,1-3H3,(H,17,21,22)/p+1/t9-,10-/m0/s1. The first-order valence-electron chi connectivity index (χ1n) is 7.98. The first kappa shape index (κ1) is 17.4. The number of anilines is 1. The first-order chi connectivity index (χ1) is 10.8. The Morgan fingerprint density at radius 3 is 2.52 bits per heavy atom. The van der Waals surface area contributed by atoms with Crippen molar-refractivity contribution in [2.45, 2.75) is 45.9 Å². The molecule has 1 fully saturated rings. The highest BCUT2D eigenvalue weighted by Gasteiger charge is 2.29. The van der Waals surface area contributed by atoms with Crippen LogP contribution in [-0.4, -0.2) is 47.2 Å². The van der Waals surface area contributed by atoms with E-state index in [1.165, 1.54) is 4.57 Å². The average molecular weight is 325 g/mol. The molecule has 4 N–H and O–H groups in total. The zero-order valence-corrected chi connectivity index (χ0v) is 13.8. The predicted octanol–water partition coefficient (Wildman–Crippen LogP) is -1.60. The van der Waals surface area contributed by atoms with Crippen molar-refractivity contribution in [3.05, 3.63) is 26.4 Å². The number of hydrogen-bond donors (Lipinski definition) is 3. The molecular formula is C15H25N4O4+. The number of carbonyl (C=O) groups is 1. The summed E-state index contributed by atoms with van der Waals surface area (Å²) in [6.45, 7) is 7.73. The molecule has 0 unspecified atom stereocenters. The van der Waals surface area contributed by atoms with Crippen molar-refractivity contribution in [3.63, 3.8) is 0 Å². The number of aromatic nitrogens is 2. The number of quaternary nitrogens is 1. The van der Waals surface area contributed by atoms with Crippen LogP contribution in [0.1, 0.15) is 37.6 Å². The van der Waals surface area contributed by atoms with Crippen molar-refractivity contribution in [1.82, 2.24) is 9.55 Å². The molecule has 0 amide bonds. The number of aromatic amines is 1. The number of hydrogen-bond acceptors (Lipinski definition) is 5. The van der Waals surface area contributed by atoms with E-state index < -0.39 is 11.2 Å². The van der Waals surface area contributed by atoms with Crippen LogP contribution in [0, 0.1) is 0 Å². The van der Waals surface area contributed by atoms with Crippen molar-refractivity contribution in [2.24, 2.45) is 0 Å². The molecule has 0 radical (unpaired) electrons. The van der Waals surface area contributed by atoms with Gasteiger partial charge in [0.2, 0.25) is 5.78 Å². The predicted molar refractivity (Wildman–Crippen MR) is 85.9 cm³/mol. The Hall–Kier alpha value is -1.93. The van der Waals surface area contributed by atoms with E-state index >= 15 is 0 Å². The van der Waals surface area contributed by atoms with E-state index in [9.17, 15) is 14.4 Å². The van der Waals surface area contributed by atoms with Crippen molar-refractivity contribution in [3.8, 4) is 0 Å². The fraction of sp³-hybridized carbons (Fsp3) is 0.667. The van der Waals surface area contributed by atoms with Gasteiger partial charge in [-0.05, 0) is 20.3 Å². The first-order valence-corrected chi connectivity index (χ1v) is 7.98. The maximum absolute atomic E-state index is 12.6. The second kappa shape index (κ2) is 7.10. The van der Waals surface area contributed by atoms with Gasteiger partial charge in [-0.25, -0.2) is 4.79 Å². The van der Waals surface area contributed by atoms with E-state index in [0.717, 1.165) is 4.90 Å². The number of nitrogens with one attached hydrogen (secondary N) is 2. The maximum atomic E-state index is 12.6. The van der Waals surface area contributed by atoms with Crippen LogP contribution in [0.15, 0.2) is 9.59 Å². The van der Waals surface area contributed by atoms with Gasteiger partial charge in [0, 0.05) is 6.54 Å². The minimum Gasteiger partial charge on any atom is -0.384 e. The van der Waals surface area contributed by atoms with Crippen molar-refractivity contribution < 1.29 is 14.4 Å². The molecule has 1 aliphatic rings. The molecule has 0 saturated carbocycles. The minimum absolute atomic E-state index is 0.0423. The van der Waals surface area contributed by atoms with Gasteiger partial charge in [0.15, 0.2) is 0 Å². The van der Waals surface area contributed by atoms with Gasteiger partial charge in [0.05, 0.1) is 0 Å². The molecule has 8 nitrogen and oxygen atoms in total. The summed E-state index contributed by atoms with van der Waals surface area (Å²) >= 11 is 0. The molecule has 0 aliphatic carbocycles. The molecule has 1 aromatic heterocycles. The van der Waals surface area contributed by atoms with Crippen LogP contribution in [-0.2, 0) is 11.3 Å². The summed E-state index contributed by atoms with van der Waals surface area (Å²) in [6, 6.07) is 0. The Morgan fingerprint density at radius 2 is 1.96 bits per heavy atom. The largest absolute Gasteiger partial charge is 0.384 e. The van der Waals surface area contributed by atoms with Crippen LogP contribution < -0.4 is 21.9 Å². The van der Waals surface area contributed by atoms with Gasteiger partial charge in [-0.2, -0.15) is 0 Å². The maximum Gasteiger partial charge on any atom is 0.329 e. The molecule has 0 spiro atoms. The number of carbonyl (C=O) groups excluding carboxylic acids is 1. The van der Waals surface area contributed by atoms with Crippen LogP contribution in [0.4, 0.5) is 5.82 Å². The van der Waals surface area contributed by atoms with E-state index in [1.807, 2.05) is 20.8 Å². The second-order valence-electron chi connectivity index (χ2n) is 6.19. The second-order valence-corrected chi connectivity index (χ2v) is 6.19. The molecule has 23 heavy (non-hydrogen) atoms. The number of Topliss-reactive ketones (excluding diaryl/α,β-unsaturated/α-hetero) is 1. The third-order valence-electron chi connectivity index (χ3n) is 3.99. The number of nitrogens with two attached hydrogens (primary N) is 1. The van der Waals surface area contributed by atoms with Crippen molar-refractivity contribution >= 4 is 11.6 Å². The summed E-state index contributed by atoms with van der Waals surface area (Å²) < 4.78 is 6.89. The number of nitrogens with zero attached hydrogens (tertiary/aromatic N) is 1. The zero-order valence-electron chi connectivity index (χ0n) is 13.8. The van der Waals surface area contributed by atoms with Gasteiger partial charge in [0.25, 0.3) is 5.56 Å². The van der Waals surface area contributed by atoms with Crippen LogP contribution >= 0.6 is 0 Å². The van der Waals surface area contributed by atoms with Crippen LogP contribution in [0.5, 0.6) is 0 Å². The van der Waals surface area contributed by atoms with Crippen molar-refractivity contribution in [2.75, 3.05) is 25.4 Å². The summed E-state index contributed by atoms with van der Waals surface area (Å²) in [5, 5.41) is 0. The lowest BCUT2D eigenvalue weighted by atomic mass is 10.1. The number of morpholine rings is 1. The SMILES string of the molecule is CCCn1c(N)c(C(=O)C[NH+]2C[C@H](C)O[C@@H](C)C2)c(=O)[nH]c1=O. The molecule has 2 heterocycles. The smallest absolute Gasteiger partial charge is 0.329 e. The number of rotatable bonds is 5. The summed E-state index contributed by atoms with van der Waals surface area (Å²) in [7, 11) is 0. The van der Waals surface area contributed by atoms with E-state index in [0.29, 0.717) is 26.1 Å². The molecule has 2 atom stereocenters. The van der Waals surface area contributed by atoms with Gasteiger partial charge < -0.3 is 15.4 Å². The van der Waals surface area contributed by atoms with E-state index in [1.54, 1.807) is 0 Å². The van der Waals surface area contributed by atoms with Crippen LogP contribution in [0.3, 0.4) is 0 Å². The van der Waals surface area contributed by atoms with Gasteiger partial charge in [0.1, 0.15) is 43.2 Å². The normalized spacial score (nSPS) is 24.6. The number of nitrogen functional groups attached to an aromatic ring is 1. The van der Waals surface area contributed by atoms with E-state index in [2.05, 4.69) is 4.98 Å². The molecule has 0 aromatic carbocycles. The van der Waals surface area contributed by atoms with Crippen LogP contribution in [0.25, 0.3) is 0 Å². The molecule has 0 bridgehead atoms. The lowest BCUT2D eigenvalue weighted by Crippen LogP contribution is -3.16. The molecule has 8 heteroatoms. The Bertz CT molecular complexity index is 684. The molecular weight excluding hydrogens is 300 g/mol. The highest BCUT2D eigenvalue weighted by molar-refractivity contribution is 6.00. The Kier molecular flexibility index (Phi) is 5.38. The third-order valence-corrected chi connectivity index (χ3v) is 3.99. The minimum atomic E-state index is -0.710. The van der Waals surface area contributed by atoms with Gasteiger partial charge >= 0.3 is 5.69 Å². The quantitative estimate of drug-likeness (QED) is 0.565. The zero-order chi connectivity index (χ0) is 17.1. The number of H-pyrrole nitrogens is 1. The summed E-state index contributed by atoms with van der Waals surface area (Å²) in [6.07, 6.45) is 0.797. The number of ketones is 1. The summed E-state index contributed by atoms with van der Waals surface area (Å²) in [4.78, 5) is 39.6. The van der Waals surface area contributed by atoms with Gasteiger partial charge in [-0.3, -0.25) is 19.1 Å². The number of ether oxygens (including phenoxy) is 1. The monoisotopic (exact) mass is 325 g/mol. The molecule has 2 rings (SSSR count). The molecule has 1 saturated heterocycles. The highest BCUT2D eigenvalue weighted by Crippen LogP contribution is 2.05. The summed E-state index contributed by atoms with van der Waals surface area (Å²) in [5.41, 5.74) is 4.52. The average Bonchev–Trinajstić information content (AvgIpc) is 2.41. The van der Waals surface area contributed by atoms with E-state index in [4.69, 9.17) is 10.5 Å². The topological polar surface area (TPSA) is 112 Å². The Morgan fingerprint density at radius 1 is 1.35 bits per heavy atom. The Balaban J connectivity index is 2.27. The molecule has 1 aromatic rings. The lowest BCUT2D eigenvalue weighted by molar-refractivity contribution is -0.906. The fourth-order valence-electron chi connectivity index (χ4n) is 3.15. The van der Waals surface area contributed by atoms with Crippen LogP contribution in [0.2, 0.25) is 0 Å². The van der Waals surface area contributed by atoms with Gasteiger partial charge in [-0.1, -0.05) is 6.92 Å². The Labute approximate surface area is 134 Å². The fourth-order valence-corrected chi connectivity index (χ4v) is 3.15. The lowest BCUT2D eigenvalue weighted by Gasteiger charge is -2.31. The van der Waals surface area contributed by atoms with Gasteiger partial charge in [-0.15, -0.1) is 0 Å². The molecule has 1 aliphatic heterocycles.